The van der Waals surface area contributed by atoms with Gasteiger partial charge in [-0.05, 0) is 61.6 Å². The topological polar surface area (TPSA) is 99.1 Å². The summed E-state index contributed by atoms with van der Waals surface area (Å²) in [6.07, 6.45) is 5.20. The Hall–Kier alpha value is -5.49. The molecule has 4 heterocycles. The van der Waals surface area contributed by atoms with E-state index < -0.39 is 6.04 Å². The van der Waals surface area contributed by atoms with Crippen LogP contribution in [-0.4, -0.2) is 34.9 Å². The number of carbonyl (C=O) groups excluding carboxylic acids is 1. The Morgan fingerprint density at radius 3 is 2.58 bits per heavy atom. The summed E-state index contributed by atoms with van der Waals surface area (Å²) in [7, 11) is 1.83. The van der Waals surface area contributed by atoms with Crippen LogP contribution in [0, 0.1) is 18.8 Å². The van der Waals surface area contributed by atoms with Gasteiger partial charge < -0.3 is 5.32 Å². The van der Waals surface area contributed by atoms with Gasteiger partial charge in [-0.2, -0.15) is 10.2 Å². The van der Waals surface area contributed by atoms with Crippen LogP contribution in [0.5, 0.6) is 0 Å². The van der Waals surface area contributed by atoms with Crippen molar-refractivity contribution in [2.45, 2.75) is 19.9 Å². The summed E-state index contributed by atoms with van der Waals surface area (Å²) in [6, 6.07) is 20.0. The van der Waals surface area contributed by atoms with Gasteiger partial charge in [0.05, 0.1) is 17.1 Å². The van der Waals surface area contributed by atoms with Crippen molar-refractivity contribution in [2.24, 2.45) is 7.05 Å². The number of nitrogens with one attached hydrogen (secondary N) is 1. The second-order valence-corrected chi connectivity index (χ2v) is 9.48. The normalized spacial score (nSPS) is 11.8. The van der Waals surface area contributed by atoms with Crippen molar-refractivity contribution >= 4 is 22.3 Å². The third-order valence-electron chi connectivity index (χ3n) is 6.72. The van der Waals surface area contributed by atoms with Crippen LogP contribution in [0.4, 0.5) is 0 Å². The first-order valence-electron chi connectivity index (χ1n) is 12.8. The zero-order valence-electron chi connectivity index (χ0n) is 22.2. The van der Waals surface area contributed by atoms with Gasteiger partial charge in [-0.25, -0.2) is 9.50 Å². The number of fused-ring (bicyclic) bond motifs is 2. The minimum Gasteiger partial charge on any atom is -0.344 e. The molecule has 9 nitrogen and oxygen atoms in total. The minimum absolute atomic E-state index is 0.223. The fourth-order valence-corrected chi connectivity index (χ4v) is 4.87. The third-order valence-corrected chi connectivity index (χ3v) is 6.72. The average Bonchev–Trinajstić information content (AvgIpc) is 3.53. The number of para-hydroxylation sites is 1. The van der Waals surface area contributed by atoms with Gasteiger partial charge in [-0.1, -0.05) is 36.3 Å². The first kappa shape index (κ1) is 24.8. The number of hydrogen-bond acceptors (Lipinski definition) is 5. The lowest BCUT2D eigenvalue weighted by Gasteiger charge is -2.21. The fourth-order valence-electron chi connectivity index (χ4n) is 4.87. The second kappa shape index (κ2) is 10.0. The molecular formula is C31H25N7O2. The molecule has 1 atom stereocenters. The number of amides is 1. The quantitative estimate of drug-likeness (QED) is 0.350. The molecule has 4 aromatic heterocycles. The van der Waals surface area contributed by atoms with Crippen LogP contribution in [0.1, 0.15) is 46.0 Å². The number of carbonyl (C=O) groups is 1. The van der Waals surface area contributed by atoms with Crippen LogP contribution in [0.2, 0.25) is 0 Å². The van der Waals surface area contributed by atoms with Crippen molar-refractivity contribution in [3.05, 3.63) is 124 Å². The highest BCUT2D eigenvalue weighted by Gasteiger charge is 2.23. The molecule has 40 heavy (non-hydrogen) atoms. The molecule has 1 unspecified atom stereocenters. The maximum atomic E-state index is 14.2. The van der Waals surface area contributed by atoms with E-state index in [9.17, 15) is 9.59 Å². The molecule has 0 saturated heterocycles. The Morgan fingerprint density at radius 1 is 0.975 bits per heavy atom. The first-order valence-corrected chi connectivity index (χ1v) is 12.8. The van der Waals surface area contributed by atoms with Crippen LogP contribution in [0.3, 0.4) is 0 Å². The van der Waals surface area contributed by atoms with Crippen LogP contribution >= 0.6 is 0 Å². The highest BCUT2D eigenvalue weighted by atomic mass is 16.2. The Kier molecular flexibility index (Phi) is 6.21. The van der Waals surface area contributed by atoms with Gasteiger partial charge in [-0.3, -0.25) is 18.8 Å². The van der Waals surface area contributed by atoms with E-state index in [1.54, 1.807) is 39.1 Å². The molecule has 0 saturated carbocycles. The number of benzene rings is 2. The molecule has 0 radical (unpaired) electrons. The van der Waals surface area contributed by atoms with Crippen LogP contribution in [-0.2, 0) is 7.05 Å². The van der Waals surface area contributed by atoms with Gasteiger partial charge in [0.2, 0.25) is 0 Å². The van der Waals surface area contributed by atoms with E-state index in [2.05, 4.69) is 32.3 Å². The number of hydrogen-bond donors (Lipinski definition) is 1. The number of pyridine rings is 1. The average molecular weight is 528 g/mol. The van der Waals surface area contributed by atoms with Crippen molar-refractivity contribution in [1.29, 1.82) is 0 Å². The summed E-state index contributed by atoms with van der Waals surface area (Å²) >= 11 is 0. The lowest BCUT2D eigenvalue weighted by molar-refractivity contribution is 0.0939. The minimum atomic E-state index is -0.522. The molecule has 196 valence electrons. The monoisotopic (exact) mass is 527 g/mol. The molecule has 1 amide bonds. The maximum Gasteiger partial charge on any atom is 0.264 e. The Bertz CT molecular complexity index is 2020. The van der Waals surface area contributed by atoms with Crippen molar-refractivity contribution in [1.82, 2.24) is 34.3 Å². The Balaban J connectivity index is 1.48. The van der Waals surface area contributed by atoms with E-state index in [4.69, 9.17) is 0 Å². The molecule has 0 bridgehead atoms. The van der Waals surface area contributed by atoms with E-state index >= 15 is 0 Å². The van der Waals surface area contributed by atoms with E-state index in [1.807, 2.05) is 80.8 Å². The lowest BCUT2D eigenvalue weighted by atomic mass is 10.0. The predicted octanol–water partition coefficient (Wildman–Crippen LogP) is 3.97. The van der Waals surface area contributed by atoms with Gasteiger partial charge in [-0.15, -0.1) is 0 Å². The summed E-state index contributed by atoms with van der Waals surface area (Å²) in [4.78, 5) is 32.0. The molecule has 0 aliphatic carbocycles. The smallest absolute Gasteiger partial charge is 0.264 e. The second-order valence-electron chi connectivity index (χ2n) is 9.48. The molecule has 1 N–H and O–H groups in total. The molecule has 0 aliphatic rings. The molecule has 6 rings (SSSR count). The molecule has 2 aromatic carbocycles. The van der Waals surface area contributed by atoms with Gasteiger partial charge in [0.25, 0.3) is 11.5 Å². The van der Waals surface area contributed by atoms with E-state index in [0.717, 1.165) is 5.39 Å². The highest BCUT2D eigenvalue weighted by molar-refractivity contribution is 6.01. The van der Waals surface area contributed by atoms with Gasteiger partial charge in [0.15, 0.2) is 5.65 Å². The van der Waals surface area contributed by atoms with Crippen LogP contribution < -0.4 is 10.9 Å². The molecule has 0 fully saturated rings. The SMILES string of the molecule is Cc1nn2cccnc2c1C(=O)NC(C)c1cc2cccc(C#Cc3ccn(C)n3)c2c(=O)n1-c1ccccc1. The third kappa shape index (κ3) is 4.41. The summed E-state index contributed by atoms with van der Waals surface area (Å²) in [6.45, 7) is 3.63. The molecule has 0 spiro atoms. The lowest BCUT2D eigenvalue weighted by Crippen LogP contribution is -2.32. The number of rotatable bonds is 4. The van der Waals surface area contributed by atoms with Crippen molar-refractivity contribution in [3.8, 4) is 17.5 Å². The number of aromatic nitrogens is 6. The fraction of sp³-hybridized carbons (Fsp3) is 0.129. The number of aryl methyl sites for hydroxylation is 2. The van der Waals surface area contributed by atoms with Gasteiger partial charge in [0, 0.05) is 42.6 Å². The van der Waals surface area contributed by atoms with E-state index in [0.29, 0.717) is 44.9 Å². The zero-order chi connectivity index (χ0) is 27.8. The molecular weight excluding hydrogens is 502 g/mol. The van der Waals surface area contributed by atoms with Crippen LogP contribution in [0.25, 0.3) is 22.1 Å². The molecule has 9 heteroatoms. The van der Waals surface area contributed by atoms with E-state index in [1.165, 1.54) is 0 Å². The summed E-state index contributed by atoms with van der Waals surface area (Å²) in [5.74, 6) is 5.87. The predicted molar refractivity (Wildman–Crippen MR) is 152 cm³/mol. The largest absolute Gasteiger partial charge is 0.344 e. The first-order chi connectivity index (χ1) is 19.4. The van der Waals surface area contributed by atoms with Crippen molar-refractivity contribution < 1.29 is 4.79 Å². The van der Waals surface area contributed by atoms with Gasteiger partial charge in [0.1, 0.15) is 11.3 Å². The molecule has 0 aliphatic heterocycles. The highest BCUT2D eigenvalue weighted by Crippen LogP contribution is 2.24. The molecule has 6 aromatic rings. The van der Waals surface area contributed by atoms with Crippen molar-refractivity contribution in [3.63, 3.8) is 0 Å². The maximum absolute atomic E-state index is 14.2. The Morgan fingerprint density at radius 2 is 1.80 bits per heavy atom. The summed E-state index contributed by atoms with van der Waals surface area (Å²) in [5, 5.41) is 13.0. The van der Waals surface area contributed by atoms with Crippen molar-refractivity contribution in [2.75, 3.05) is 0 Å². The standard InChI is InChI=1S/C31H25N7O2/c1-20(33-30(39)27-21(2)34-37-17-8-16-32-29(27)37)26-19-23-10-7-9-22(13-14-24-15-18-36(3)35-24)28(23)31(40)38(26)25-11-5-4-6-12-25/h4-12,15-20H,1-3H3,(H,33,39). The Labute approximate surface area is 229 Å². The van der Waals surface area contributed by atoms with Crippen LogP contribution in [0.15, 0.2) is 90.1 Å². The summed E-state index contributed by atoms with van der Waals surface area (Å²) < 4.78 is 4.90. The zero-order valence-corrected chi connectivity index (χ0v) is 22.2. The van der Waals surface area contributed by atoms with Gasteiger partial charge >= 0.3 is 0 Å². The number of nitrogens with zero attached hydrogens (tertiary/aromatic N) is 6. The van der Waals surface area contributed by atoms with E-state index in [-0.39, 0.29) is 11.5 Å². The summed E-state index contributed by atoms with van der Waals surface area (Å²) in [5.41, 5.74) is 3.76.